The third kappa shape index (κ3) is 3.96. The van der Waals surface area contributed by atoms with Crippen LogP contribution < -0.4 is 0 Å². The molecule has 2 aromatic heterocycles. The lowest BCUT2D eigenvalue weighted by atomic mass is 10.0. The number of esters is 1. The van der Waals surface area contributed by atoms with Gasteiger partial charge in [0.25, 0.3) is 0 Å². The molecule has 0 N–H and O–H groups in total. The van der Waals surface area contributed by atoms with Crippen LogP contribution in [0.5, 0.6) is 0 Å². The van der Waals surface area contributed by atoms with E-state index in [1.165, 1.54) is 0 Å². The first-order chi connectivity index (χ1) is 14.3. The van der Waals surface area contributed by atoms with Gasteiger partial charge in [-0.15, -0.1) is 0 Å². The first-order valence-electron chi connectivity index (χ1n) is 10.0. The van der Waals surface area contributed by atoms with Gasteiger partial charge in [0, 0.05) is 28.4 Å². The monoisotopic (exact) mass is 399 g/mol. The van der Waals surface area contributed by atoms with Crippen LogP contribution in [-0.2, 0) is 16.0 Å². The number of benzene rings is 2. The summed E-state index contributed by atoms with van der Waals surface area (Å²) < 4.78 is 7.50. The normalized spacial score (nSPS) is 11.6. The molecule has 0 radical (unpaired) electrons. The number of nitrogens with zero attached hydrogens (tertiary/aromatic N) is 3. The maximum absolute atomic E-state index is 12.7. The number of hydrogen-bond acceptors (Lipinski definition) is 4. The number of fused-ring (bicyclic) bond motifs is 1. The Kier molecular flexibility index (Phi) is 5.12. The molecule has 30 heavy (non-hydrogen) atoms. The molecular formula is C25H25N3O2. The molecule has 152 valence electrons. The average Bonchev–Trinajstić information content (AvgIpc) is 3.03. The van der Waals surface area contributed by atoms with Crippen LogP contribution in [0.1, 0.15) is 32.0 Å². The van der Waals surface area contributed by atoms with Gasteiger partial charge in [-0.05, 0) is 39.8 Å². The van der Waals surface area contributed by atoms with Gasteiger partial charge in [0.2, 0.25) is 0 Å². The largest absolute Gasteiger partial charge is 0.460 e. The summed E-state index contributed by atoms with van der Waals surface area (Å²) in [6.07, 6.45) is 1.95. The Hall–Kier alpha value is -3.47. The SMILES string of the molecule is Cc1c(CC(=O)OC(C)(C)C)c(-c2ccccc2)nn1-c1ccnc2ccccc12. The van der Waals surface area contributed by atoms with Crippen molar-refractivity contribution in [2.75, 3.05) is 0 Å². The van der Waals surface area contributed by atoms with Crippen LogP contribution in [0.15, 0.2) is 66.9 Å². The lowest BCUT2D eigenvalue weighted by molar-refractivity contribution is -0.153. The van der Waals surface area contributed by atoms with Crippen LogP contribution in [0, 0.1) is 6.92 Å². The highest BCUT2D eigenvalue weighted by molar-refractivity contribution is 5.87. The fourth-order valence-corrected chi connectivity index (χ4v) is 3.60. The summed E-state index contributed by atoms with van der Waals surface area (Å²) in [5.74, 6) is -0.262. The van der Waals surface area contributed by atoms with E-state index in [2.05, 4.69) is 4.98 Å². The number of carbonyl (C=O) groups is 1. The zero-order valence-electron chi connectivity index (χ0n) is 17.7. The Labute approximate surface area is 176 Å². The number of para-hydroxylation sites is 1. The topological polar surface area (TPSA) is 57.0 Å². The van der Waals surface area contributed by atoms with Crippen molar-refractivity contribution in [1.82, 2.24) is 14.8 Å². The van der Waals surface area contributed by atoms with E-state index in [-0.39, 0.29) is 12.4 Å². The van der Waals surface area contributed by atoms with Crippen LogP contribution in [0.25, 0.3) is 27.8 Å². The number of hydrogen-bond donors (Lipinski definition) is 0. The first kappa shape index (κ1) is 19.8. The Balaban J connectivity index is 1.87. The third-order valence-corrected chi connectivity index (χ3v) is 4.88. The molecule has 4 aromatic rings. The molecule has 0 atom stereocenters. The van der Waals surface area contributed by atoms with E-state index in [0.29, 0.717) is 0 Å². The number of carbonyl (C=O) groups excluding carboxylic acids is 1. The van der Waals surface area contributed by atoms with E-state index in [1.807, 2.05) is 93.0 Å². The third-order valence-electron chi connectivity index (χ3n) is 4.88. The summed E-state index contributed by atoms with van der Waals surface area (Å²) in [5.41, 5.74) is 4.85. The van der Waals surface area contributed by atoms with Gasteiger partial charge in [-0.3, -0.25) is 9.78 Å². The summed E-state index contributed by atoms with van der Waals surface area (Å²) in [5, 5.41) is 5.94. The Bertz CT molecular complexity index is 1200. The minimum atomic E-state index is -0.533. The minimum Gasteiger partial charge on any atom is -0.460 e. The van der Waals surface area contributed by atoms with E-state index < -0.39 is 5.60 Å². The van der Waals surface area contributed by atoms with Crippen LogP contribution >= 0.6 is 0 Å². The van der Waals surface area contributed by atoms with Crippen molar-refractivity contribution >= 4 is 16.9 Å². The van der Waals surface area contributed by atoms with Gasteiger partial charge < -0.3 is 4.74 Å². The predicted octanol–water partition coefficient (Wildman–Crippen LogP) is 5.28. The van der Waals surface area contributed by atoms with Gasteiger partial charge in [0.05, 0.1) is 23.3 Å². The zero-order chi connectivity index (χ0) is 21.3. The number of aromatic nitrogens is 3. The minimum absolute atomic E-state index is 0.163. The van der Waals surface area contributed by atoms with Gasteiger partial charge in [0.1, 0.15) is 5.60 Å². The van der Waals surface area contributed by atoms with E-state index in [1.54, 1.807) is 6.20 Å². The molecule has 0 spiro atoms. The average molecular weight is 399 g/mol. The highest BCUT2D eigenvalue weighted by atomic mass is 16.6. The molecule has 5 nitrogen and oxygen atoms in total. The summed E-state index contributed by atoms with van der Waals surface area (Å²) in [6, 6.07) is 19.9. The second kappa shape index (κ2) is 7.75. The molecule has 5 heteroatoms. The molecule has 0 saturated carbocycles. The summed E-state index contributed by atoms with van der Waals surface area (Å²) in [7, 11) is 0. The number of ether oxygens (including phenoxy) is 1. The molecule has 0 aliphatic heterocycles. The van der Waals surface area contributed by atoms with Crippen molar-refractivity contribution < 1.29 is 9.53 Å². The van der Waals surface area contributed by atoms with Crippen LogP contribution in [0.4, 0.5) is 0 Å². The molecular weight excluding hydrogens is 374 g/mol. The molecule has 0 aliphatic carbocycles. The van der Waals surface area contributed by atoms with Crippen LogP contribution in [-0.4, -0.2) is 26.3 Å². The van der Waals surface area contributed by atoms with Crippen LogP contribution in [0.3, 0.4) is 0 Å². The maximum Gasteiger partial charge on any atom is 0.310 e. The van der Waals surface area contributed by atoms with Gasteiger partial charge in [-0.1, -0.05) is 48.5 Å². The van der Waals surface area contributed by atoms with Crippen molar-refractivity contribution in [1.29, 1.82) is 0 Å². The Morgan fingerprint density at radius 1 is 1.00 bits per heavy atom. The summed E-state index contributed by atoms with van der Waals surface area (Å²) in [6.45, 7) is 7.63. The predicted molar refractivity (Wildman–Crippen MR) is 119 cm³/mol. The smallest absolute Gasteiger partial charge is 0.310 e. The molecule has 0 saturated heterocycles. The molecule has 4 rings (SSSR count). The van der Waals surface area contributed by atoms with Crippen LogP contribution in [0.2, 0.25) is 0 Å². The van der Waals surface area contributed by atoms with E-state index in [0.717, 1.165) is 39.1 Å². The zero-order valence-corrected chi connectivity index (χ0v) is 17.7. The van der Waals surface area contributed by atoms with Gasteiger partial charge in [0.15, 0.2) is 0 Å². The Morgan fingerprint density at radius 3 is 2.43 bits per heavy atom. The summed E-state index contributed by atoms with van der Waals surface area (Å²) >= 11 is 0. The van der Waals surface area contributed by atoms with Gasteiger partial charge >= 0.3 is 5.97 Å². The van der Waals surface area contributed by atoms with Gasteiger partial charge in [-0.2, -0.15) is 5.10 Å². The first-order valence-corrected chi connectivity index (χ1v) is 10.0. The maximum atomic E-state index is 12.7. The van der Waals surface area contributed by atoms with Crippen molar-refractivity contribution in [2.45, 2.75) is 39.7 Å². The molecule has 0 fully saturated rings. The molecule has 2 heterocycles. The quantitative estimate of drug-likeness (QED) is 0.438. The van der Waals surface area contributed by atoms with E-state index in [4.69, 9.17) is 9.84 Å². The highest BCUT2D eigenvalue weighted by Gasteiger charge is 2.23. The number of rotatable bonds is 4. The van der Waals surface area contributed by atoms with Gasteiger partial charge in [-0.25, -0.2) is 4.68 Å². The Morgan fingerprint density at radius 2 is 1.70 bits per heavy atom. The fraction of sp³-hybridized carbons (Fsp3) is 0.240. The summed E-state index contributed by atoms with van der Waals surface area (Å²) in [4.78, 5) is 17.1. The standard InChI is InChI=1S/C25H25N3O2/c1-17-20(16-23(29)30-25(2,3)4)24(18-10-6-5-7-11-18)27-28(17)22-14-15-26-21-13-9-8-12-19(21)22/h5-15H,16H2,1-4H3. The number of pyridine rings is 1. The molecule has 2 aromatic carbocycles. The van der Waals surface area contributed by atoms with E-state index in [9.17, 15) is 4.79 Å². The second-order valence-electron chi connectivity index (χ2n) is 8.30. The van der Waals surface area contributed by atoms with Crippen molar-refractivity contribution in [2.24, 2.45) is 0 Å². The second-order valence-corrected chi connectivity index (χ2v) is 8.30. The van der Waals surface area contributed by atoms with Crippen molar-refractivity contribution in [3.8, 4) is 16.9 Å². The molecule has 0 amide bonds. The molecule has 0 unspecified atom stereocenters. The van der Waals surface area contributed by atoms with E-state index >= 15 is 0 Å². The molecule has 0 bridgehead atoms. The fourth-order valence-electron chi connectivity index (χ4n) is 3.60. The van der Waals surface area contributed by atoms with Crippen molar-refractivity contribution in [3.63, 3.8) is 0 Å². The lowest BCUT2D eigenvalue weighted by Gasteiger charge is -2.19. The molecule has 0 aliphatic rings. The lowest BCUT2D eigenvalue weighted by Crippen LogP contribution is -2.25. The highest BCUT2D eigenvalue weighted by Crippen LogP contribution is 2.30. The van der Waals surface area contributed by atoms with Crippen molar-refractivity contribution in [3.05, 3.63) is 78.1 Å².